The second-order valence-corrected chi connectivity index (χ2v) is 5.42. The Balaban J connectivity index is 2.07. The monoisotopic (exact) mass is 265 g/mol. The lowest BCUT2D eigenvalue weighted by Gasteiger charge is -2.13. The number of nitrogens with zero attached hydrogens (tertiary/aromatic N) is 1. The second kappa shape index (κ2) is 5.44. The van der Waals surface area contributed by atoms with Gasteiger partial charge in [0, 0.05) is 5.75 Å². The number of thioether (sulfide) groups is 1. The third-order valence-electron chi connectivity index (χ3n) is 2.78. The topological polar surface area (TPSA) is 63.3 Å². The normalized spacial score (nSPS) is 13.1. The van der Waals surface area contributed by atoms with Crippen LogP contribution < -0.4 is 0 Å². The summed E-state index contributed by atoms with van der Waals surface area (Å²) < 4.78 is 5.54. The molecule has 0 bridgehead atoms. The van der Waals surface area contributed by atoms with Gasteiger partial charge in [-0.15, -0.1) is 0 Å². The number of benzene rings is 1. The molecule has 4 nitrogen and oxygen atoms in total. The molecule has 0 spiro atoms. The fraction of sp³-hybridized carbons (Fsp3) is 0.385. The molecule has 2 rings (SSSR count). The first kappa shape index (κ1) is 13.0. The molecule has 1 atom stereocenters. The molecule has 0 aliphatic heterocycles. The van der Waals surface area contributed by atoms with Gasteiger partial charge >= 0.3 is 5.97 Å². The van der Waals surface area contributed by atoms with Crippen LogP contribution in [0, 0.1) is 11.8 Å². The molecule has 0 aliphatic carbocycles. The Hall–Kier alpha value is -1.49. The highest BCUT2D eigenvalue weighted by molar-refractivity contribution is 7.99. The zero-order chi connectivity index (χ0) is 13.1. The van der Waals surface area contributed by atoms with Crippen molar-refractivity contribution in [3.8, 4) is 0 Å². The van der Waals surface area contributed by atoms with Crippen LogP contribution in [0.3, 0.4) is 0 Å². The van der Waals surface area contributed by atoms with Gasteiger partial charge < -0.3 is 9.52 Å². The number of hydrogen-bond donors (Lipinski definition) is 1. The number of aromatic nitrogens is 1. The molecular weight excluding hydrogens is 250 g/mol. The highest BCUT2D eigenvalue weighted by Crippen LogP contribution is 2.27. The van der Waals surface area contributed by atoms with E-state index in [1.807, 2.05) is 38.1 Å². The van der Waals surface area contributed by atoms with Crippen LogP contribution in [0.25, 0.3) is 11.1 Å². The number of rotatable bonds is 5. The molecule has 1 aromatic carbocycles. The average molecular weight is 265 g/mol. The molecule has 0 saturated carbocycles. The van der Waals surface area contributed by atoms with E-state index in [-0.39, 0.29) is 11.8 Å². The van der Waals surface area contributed by atoms with Gasteiger partial charge in [0.1, 0.15) is 5.52 Å². The first-order chi connectivity index (χ1) is 8.58. The van der Waals surface area contributed by atoms with Crippen molar-refractivity contribution in [2.45, 2.75) is 19.1 Å². The van der Waals surface area contributed by atoms with Gasteiger partial charge in [0.25, 0.3) is 5.22 Å². The molecule has 5 heteroatoms. The Morgan fingerprint density at radius 3 is 2.78 bits per heavy atom. The largest absolute Gasteiger partial charge is 0.481 e. The molecule has 0 aliphatic rings. The summed E-state index contributed by atoms with van der Waals surface area (Å²) in [5, 5.41) is 9.63. The number of carboxylic acids is 1. The lowest BCUT2D eigenvalue weighted by Crippen LogP contribution is -2.21. The van der Waals surface area contributed by atoms with Gasteiger partial charge in [0.05, 0.1) is 5.92 Å². The lowest BCUT2D eigenvalue weighted by atomic mass is 9.98. The number of oxazole rings is 1. The SMILES string of the molecule is CC(C)C(CSc1nc2ccccc2o1)C(=O)O. The minimum absolute atomic E-state index is 0.0966. The van der Waals surface area contributed by atoms with Crippen LogP contribution in [-0.4, -0.2) is 21.8 Å². The van der Waals surface area contributed by atoms with Crippen molar-refractivity contribution in [3.05, 3.63) is 24.3 Å². The fourth-order valence-corrected chi connectivity index (χ4v) is 2.78. The van der Waals surface area contributed by atoms with E-state index in [1.54, 1.807) is 0 Å². The number of carbonyl (C=O) groups is 1. The Kier molecular flexibility index (Phi) is 3.91. The molecule has 1 aromatic heterocycles. The van der Waals surface area contributed by atoms with Gasteiger partial charge in [-0.25, -0.2) is 4.98 Å². The van der Waals surface area contributed by atoms with E-state index in [2.05, 4.69) is 4.98 Å². The van der Waals surface area contributed by atoms with Crippen molar-refractivity contribution >= 4 is 28.8 Å². The zero-order valence-electron chi connectivity index (χ0n) is 10.3. The molecule has 0 fully saturated rings. The van der Waals surface area contributed by atoms with Gasteiger partial charge in [-0.3, -0.25) is 4.79 Å². The van der Waals surface area contributed by atoms with Crippen LogP contribution in [0.4, 0.5) is 0 Å². The number of aliphatic carboxylic acids is 1. The minimum Gasteiger partial charge on any atom is -0.481 e. The minimum atomic E-state index is -0.770. The third kappa shape index (κ3) is 2.85. The van der Waals surface area contributed by atoms with Crippen LogP contribution in [0.5, 0.6) is 0 Å². The number of fused-ring (bicyclic) bond motifs is 1. The van der Waals surface area contributed by atoms with Gasteiger partial charge in [-0.2, -0.15) is 0 Å². The molecule has 0 saturated heterocycles. The van der Waals surface area contributed by atoms with Crippen LogP contribution in [0.2, 0.25) is 0 Å². The summed E-state index contributed by atoms with van der Waals surface area (Å²) in [7, 11) is 0. The zero-order valence-corrected chi connectivity index (χ0v) is 11.1. The third-order valence-corrected chi connectivity index (χ3v) is 3.73. The van der Waals surface area contributed by atoms with Gasteiger partial charge in [-0.1, -0.05) is 37.7 Å². The maximum Gasteiger partial charge on any atom is 0.307 e. The average Bonchev–Trinajstić information content (AvgIpc) is 2.70. The van der Waals surface area contributed by atoms with Crippen LogP contribution in [0.1, 0.15) is 13.8 Å². The highest BCUT2D eigenvalue weighted by atomic mass is 32.2. The van der Waals surface area contributed by atoms with Gasteiger partial charge in [-0.05, 0) is 18.1 Å². The van der Waals surface area contributed by atoms with Crippen molar-refractivity contribution in [2.24, 2.45) is 11.8 Å². The molecular formula is C13H15NO3S. The van der Waals surface area contributed by atoms with E-state index in [0.717, 1.165) is 11.1 Å². The Morgan fingerprint density at radius 2 is 2.17 bits per heavy atom. The second-order valence-electron chi connectivity index (χ2n) is 4.45. The summed E-state index contributed by atoms with van der Waals surface area (Å²) >= 11 is 1.35. The van der Waals surface area contributed by atoms with Crippen LogP contribution in [-0.2, 0) is 4.79 Å². The van der Waals surface area contributed by atoms with E-state index in [1.165, 1.54) is 11.8 Å². The molecule has 0 amide bonds. The summed E-state index contributed by atoms with van der Waals surface area (Å²) in [5.41, 5.74) is 1.54. The van der Waals surface area contributed by atoms with E-state index in [0.29, 0.717) is 11.0 Å². The number of para-hydroxylation sites is 2. The summed E-state index contributed by atoms with van der Waals surface area (Å²) in [5.74, 6) is -0.585. The van der Waals surface area contributed by atoms with Crippen molar-refractivity contribution in [1.29, 1.82) is 0 Å². The summed E-state index contributed by atoms with van der Waals surface area (Å²) in [4.78, 5) is 15.4. The molecule has 2 aromatic rings. The summed E-state index contributed by atoms with van der Waals surface area (Å²) in [6.45, 7) is 3.82. The maximum absolute atomic E-state index is 11.1. The number of hydrogen-bond acceptors (Lipinski definition) is 4. The molecule has 96 valence electrons. The Morgan fingerprint density at radius 1 is 1.44 bits per heavy atom. The van der Waals surface area contributed by atoms with E-state index < -0.39 is 5.97 Å². The fourth-order valence-electron chi connectivity index (χ4n) is 1.62. The molecule has 0 radical (unpaired) electrons. The predicted molar refractivity (Wildman–Crippen MR) is 70.7 cm³/mol. The Bertz CT molecular complexity index is 517. The molecule has 1 unspecified atom stereocenters. The summed E-state index contributed by atoms with van der Waals surface area (Å²) in [6.07, 6.45) is 0. The van der Waals surface area contributed by atoms with Crippen LogP contribution in [0.15, 0.2) is 33.9 Å². The maximum atomic E-state index is 11.1. The highest BCUT2D eigenvalue weighted by Gasteiger charge is 2.22. The standard InChI is InChI=1S/C13H15NO3S/c1-8(2)9(12(15)16)7-18-13-14-10-5-3-4-6-11(10)17-13/h3-6,8-9H,7H2,1-2H3,(H,15,16). The van der Waals surface area contributed by atoms with Crippen molar-refractivity contribution in [3.63, 3.8) is 0 Å². The number of carboxylic acid groups (broad SMARTS) is 1. The molecule has 1 heterocycles. The quantitative estimate of drug-likeness (QED) is 0.840. The van der Waals surface area contributed by atoms with Crippen molar-refractivity contribution in [1.82, 2.24) is 4.98 Å². The van der Waals surface area contributed by atoms with E-state index in [9.17, 15) is 4.79 Å². The Labute approximate surface area is 109 Å². The van der Waals surface area contributed by atoms with Gasteiger partial charge in [0.15, 0.2) is 5.58 Å². The molecule has 18 heavy (non-hydrogen) atoms. The van der Waals surface area contributed by atoms with E-state index in [4.69, 9.17) is 9.52 Å². The first-order valence-corrected chi connectivity index (χ1v) is 6.77. The lowest BCUT2D eigenvalue weighted by molar-refractivity contribution is -0.142. The summed E-state index contributed by atoms with van der Waals surface area (Å²) in [6, 6.07) is 7.51. The predicted octanol–water partition coefficient (Wildman–Crippen LogP) is 3.28. The molecule has 1 N–H and O–H groups in total. The first-order valence-electron chi connectivity index (χ1n) is 5.79. The van der Waals surface area contributed by atoms with Crippen LogP contribution >= 0.6 is 11.8 Å². The van der Waals surface area contributed by atoms with Crippen molar-refractivity contribution < 1.29 is 14.3 Å². The van der Waals surface area contributed by atoms with Gasteiger partial charge in [0.2, 0.25) is 0 Å². The van der Waals surface area contributed by atoms with Crippen molar-refractivity contribution in [2.75, 3.05) is 5.75 Å². The smallest absolute Gasteiger partial charge is 0.307 e. The van der Waals surface area contributed by atoms with E-state index >= 15 is 0 Å².